The number of rotatable bonds is 3. The Bertz CT molecular complexity index is 860. The van der Waals surface area contributed by atoms with Crippen LogP contribution in [0, 0.1) is 12.8 Å². The molecule has 3 rings (SSSR count). The number of nitrogens with one attached hydrogen (secondary N) is 1. The van der Waals surface area contributed by atoms with E-state index in [1.165, 1.54) is 6.21 Å². The van der Waals surface area contributed by atoms with E-state index in [0.717, 1.165) is 10.5 Å². The molecule has 1 aliphatic rings. The van der Waals surface area contributed by atoms with Crippen molar-refractivity contribution in [1.29, 1.82) is 0 Å². The van der Waals surface area contributed by atoms with E-state index in [1.54, 1.807) is 48.5 Å². The van der Waals surface area contributed by atoms with Crippen LogP contribution in [0.5, 0.6) is 0 Å². The highest BCUT2D eigenvalue weighted by Gasteiger charge is 2.40. The molecule has 2 aromatic carbocycles. The van der Waals surface area contributed by atoms with Gasteiger partial charge in [0.2, 0.25) is 5.91 Å². The molecule has 1 heterocycles. The fourth-order valence-corrected chi connectivity index (χ4v) is 2.47. The Morgan fingerprint density at radius 2 is 1.68 bits per heavy atom. The van der Waals surface area contributed by atoms with E-state index in [-0.39, 0.29) is 0 Å². The van der Waals surface area contributed by atoms with Crippen LogP contribution >= 0.6 is 11.6 Å². The fraction of sp³-hybridized carbons (Fsp3) is 0.111. The van der Waals surface area contributed by atoms with Crippen molar-refractivity contribution in [3.63, 3.8) is 0 Å². The molecule has 1 fully saturated rings. The van der Waals surface area contributed by atoms with Crippen LogP contribution in [-0.4, -0.2) is 24.1 Å². The van der Waals surface area contributed by atoms with E-state index in [9.17, 15) is 14.4 Å². The molecule has 1 saturated heterocycles. The quantitative estimate of drug-likeness (QED) is 0.678. The van der Waals surface area contributed by atoms with Gasteiger partial charge in [-0.15, -0.1) is 0 Å². The second-order valence-electron chi connectivity index (χ2n) is 5.54. The van der Waals surface area contributed by atoms with Gasteiger partial charge >= 0.3 is 6.03 Å². The van der Waals surface area contributed by atoms with Crippen LogP contribution in [0.2, 0.25) is 5.02 Å². The van der Waals surface area contributed by atoms with Gasteiger partial charge in [0.1, 0.15) is 0 Å². The molecule has 0 bridgehead atoms. The van der Waals surface area contributed by atoms with Crippen molar-refractivity contribution >= 4 is 47.0 Å². The Labute approximate surface area is 149 Å². The summed E-state index contributed by atoms with van der Waals surface area (Å²) in [7, 11) is 0. The van der Waals surface area contributed by atoms with E-state index in [0.29, 0.717) is 16.4 Å². The molecule has 0 saturated carbocycles. The molecule has 1 atom stereocenters. The van der Waals surface area contributed by atoms with Crippen LogP contribution in [0.25, 0.3) is 0 Å². The minimum atomic E-state index is -1.19. The number of aryl methyl sites for hydroxylation is 1. The Hall–Kier alpha value is -2.99. The molecule has 0 radical (unpaired) electrons. The van der Waals surface area contributed by atoms with Gasteiger partial charge < -0.3 is 0 Å². The van der Waals surface area contributed by atoms with Gasteiger partial charge in [0, 0.05) is 11.2 Å². The lowest BCUT2D eigenvalue weighted by atomic mass is 10.1. The van der Waals surface area contributed by atoms with E-state index < -0.39 is 23.8 Å². The zero-order chi connectivity index (χ0) is 18.0. The number of amides is 4. The van der Waals surface area contributed by atoms with Crippen LogP contribution in [0.3, 0.4) is 0 Å². The predicted molar refractivity (Wildman–Crippen MR) is 95.3 cm³/mol. The first-order valence-electron chi connectivity index (χ1n) is 7.51. The topological polar surface area (TPSA) is 78.8 Å². The maximum absolute atomic E-state index is 12.6. The average Bonchev–Trinajstić information content (AvgIpc) is 2.57. The summed E-state index contributed by atoms with van der Waals surface area (Å²) in [4.78, 5) is 41.8. The van der Waals surface area contributed by atoms with Gasteiger partial charge in [0.25, 0.3) is 5.91 Å². The molecule has 0 unspecified atom stereocenters. The smallest absolute Gasteiger partial charge is 0.276 e. The van der Waals surface area contributed by atoms with Crippen LogP contribution in [0.4, 0.5) is 16.2 Å². The summed E-state index contributed by atoms with van der Waals surface area (Å²) in [6.07, 6.45) is 1.23. The summed E-state index contributed by atoms with van der Waals surface area (Å²) in [5, 5.41) is 2.74. The molecule has 126 valence electrons. The predicted octanol–water partition coefficient (Wildman–Crippen LogP) is 3.25. The number of barbiturate groups is 1. The molecule has 1 aliphatic heterocycles. The third-order valence-electron chi connectivity index (χ3n) is 3.69. The average molecular weight is 356 g/mol. The maximum Gasteiger partial charge on any atom is 0.335 e. The zero-order valence-electron chi connectivity index (χ0n) is 13.3. The standard InChI is InChI=1S/C18H14ClN3O3/c1-11-2-8-14(9-3-11)22-17(24)15(16(23)21-18(22)25)10-20-13-6-4-12(19)5-7-13/h2-10,15H,1H3,(H,21,23,25)/t15-/m0/s1. The van der Waals surface area contributed by atoms with Gasteiger partial charge in [0.15, 0.2) is 5.92 Å². The molecule has 4 amide bonds. The van der Waals surface area contributed by atoms with Crippen molar-refractivity contribution in [2.45, 2.75) is 6.92 Å². The number of hydrogen-bond acceptors (Lipinski definition) is 4. The van der Waals surface area contributed by atoms with E-state index in [1.807, 2.05) is 6.92 Å². The fourth-order valence-electron chi connectivity index (χ4n) is 2.35. The number of nitrogens with zero attached hydrogens (tertiary/aromatic N) is 2. The van der Waals surface area contributed by atoms with Crippen LogP contribution in [0.1, 0.15) is 5.56 Å². The summed E-state index contributed by atoms with van der Waals surface area (Å²) in [5.74, 6) is -2.53. The first-order chi connectivity index (χ1) is 12.0. The third kappa shape index (κ3) is 3.59. The molecule has 7 heteroatoms. The van der Waals surface area contributed by atoms with Crippen molar-refractivity contribution in [2.24, 2.45) is 10.9 Å². The van der Waals surface area contributed by atoms with E-state index >= 15 is 0 Å². The second-order valence-corrected chi connectivity index (χ2v) is 5.97. The first kappa shape index (κ1) is 16.9. The number of benzene rings is 2. The summed E-state index contributed by atoms with van der Waals surface area (Å²) in [5.41, 5.74) is 1.93. The number of imide groups is 2. The van der Waals surface area contributed by atoms with E-state index in [4.69, 9.17) is 11.6 Å². The zero-order valence-corrected chi connectivity index (χ0v) is 14.0. The van der Waals surface area contributed by atoms with Crippen molar-refractivity contribution in [3.05, 3.63) is 59.1 Å². The molecule has 2 aromatic rings. The Morgan fingerprint density at radius 3 is 2.32 bits per heavy atom. The highest BCUT2D eigenvalue weighted by molar-refractivity contribution is 6.32. The number of halogens is 1. The summed E-state index contributed by atoms with van der Waals surface area (Å²) in [6, 6.07) is 12.7. The highest BCUT2D eigenvalue weighted by Crippen LogP contribution is 2.22. The molecule has 0 spiro atoms. The molecular weight excluding hydrogens is 342 g/mol. The van der Waals surface area contributed by atoms with Gasteiger partial charge in [-0.1, -0.05) is 29.3 Å². The van der Waals surface area contributed by atoms with Gasteiger partial charge in [-0.3, -0.25) is 19.9 Å². The molecule has 6 nitrogen and oxygen atoms in total. The number of carbonyl (C=O) groups is 3. The molecular formula is C18H14ClN3O3. The lowest BCUT2D eigenvalue weighted by Gasteiger charge is -2.28. The van der Waals surface area contributed by atoms with E-state index in [2.05, 4.69) is 10.3 Å². The van der Waals surface area contributed by atoms with Gasteiger partial charge in [-0.05, 0) is 43.3 Å². The Kier molecular flexibility index (Phi) is 4.63. The molecule has 1 N–H and O–H groups in total. The number of hydrogen-bond donors (Lipinski definition) is 1. The van der Waals surface area contributed by atoms with Crippen LogP contribution < -0.4 is 10.2 Å². The van der Waals surface area contributed by atoms with Crippen molar-refractivity contribution in [1.82, 2.24) is 5.32 Å². The molecule has 25 heavy (non-hydrogen) atoms. The number of urea groups is 1. The number of aliphatic imine (C=N–C) groups is 1. The normalized spacial score (nSPS) is 17.9. The van der Waals surface area contributed by atoms with Gasteiger partial charge in [-0.2, -0.15) is 0 Å². The van der Waals surface area contributed by atoms with Crippen molar-refractivity contribution in [3.8, 4) is 0 Å². The highest BCUT2D eigenvalue weighted by atomic mass is 35.5. The minimum absolute atomic E-state index is 0.394. The lowest BCUT2D eigenvalue weighted by molar-refractivity contribution is -0.131. The monoisotopic (exact) mass is 355 g/mol. The largest absolute Gasteiger partial charge is 0.335 e. The molecule has 0 aliphatic carbocycles. The van der Waals surface area contributed by atoms with Crippen molar-refractivity contribution in [2.75, 3.05) is 4.90 Å². The SMILES string of the molecule is Cc1ccc(N2C(=O)NC(=O)[C@H](C=Nc3ccc(Cl)cc3)C2=O)cc1. The Morgan fingerprint density at radius 1 is 1.04 bits per heavy atom. The lowest BCUT2D eigenvalue weighted by Crippen LogP contribution is -2.58. The second kappa shape index (κ2) is 6.86. The van der Waals surface area contributed by atoms with Gasteiger partial charge in [0.05, 0.1) is 11.4 Å². The van der Waals surface area contributed by atoms with Crippen LogP contribution in [-0.2, 0) is 9.59 Å². The summed E-state index contributed by atoms with van der Waals surface area (Å²) in [6.45, 7) is 1.90. The Balaban J connectivity index is 1.87. The third-order valence-corrected chi connectivity index (χ3v) is 3.95. The number of carbonyl (C=O) groups excluding carboxylic acids is 3. The first-order valence-corrected chi connectivity index (χ1v) is 7.89. The number of anilines is 1. The van der Waals surface area contributed by atoms with Crippen LogP contribution in [0.15, 0.2) is 53.5 Å². The molecule has 0 aromatic heterocycles. The maximum atomic E-state index is 12.6. The summed E-state index contributed by atoms with van der Waals surface area (Å²) >= 11 is 5.81. The van der Waals surface area contributed by atoms with Gasteiger partial charge in [-0.25, -0.2) is 9.69 Å². The summed E-state index contributed by atoms with van der Waals surface area (Å²) < 4.78 is 0. The minimum Gasteiger partial charge on any atom is -0.276 e. The van der Waals surface area contributed by atoms with Crippen molar-refractivity contribution < 1.29 is 14.4 Å².